The van der Waals surface area contributed by atoms with Crippen molar-refractivity contribution in [1.82, 2.24) is 9.80 Å². The highest BCUT2D eigenvalue weighted by atomic mass is 16.1. The molecule has 0 aromatic carbocycles. The molecule has 0 bridgehead atoms. The minimum absolute atomic E-state index is 0.0407. The number of carbonyl (C=O) groups is 1. The lowest BCUT2D eigenvalue weighted by Gasteiger charge is -2.19. The van der Waals surface area contributed by atoms with Crippen LogP contribution in [0.1, 0.15) is 33.1 Å². The molecule has 0 aromatic heterocycles. The Kier molecular flexibility index (Phi) is 9.79. The Hall–Kier alpha value is -0.740. The van der Waals surface area contributed by atoms with Gasteiger partial charge in [-0.25, -0.2) is 0 Å². The molecule has 0 aliphatic rings. The van der Waals surface area contributed by atoms with E-state index < -0.39 is 5.92 Å². The van der Waals surface area contributed by atoms with Gasteiger partial charge in [-0.2, -0.15) is 0 Å². The molecule has 0 saturated heterocycles. The van der Waals surface area contributed by atoms with E-state index in [1.807, 2.05) is 25.3 Å². The van der Waals surface area contributed by atoms with Crippen LogP contribution < -0.4 is 0 Å². The topological polar surface area (TPSA) is 40.6 Å². The van der Waals surface area contributed by atoms with Gasteiger partial charge in [-0.3, -0.25) is 9.59 Å². The molecule has 1 radical (unpaired) electrons. The zero-order valence-corrected chi connectivity index (χ0v) is 12.2. The Morgan fingerprint density at radius 3 is 2.22 bits per heavy atom. The van der Waals surface area contributed by atoms with E-state index in [0.29, 0.717) is 12.8 Å². The van der Waals surface area contributed by atoms with Gasteiger partial charge in [0.15, 0.2) is 0 Å². The van der Waals surface area contributed by atoms with Gasteiger partial charge >= 0.3 is 0 Å². The fourth-order valence-corrected chi connectivity index (χ4v) is 1.88. The highest BCUT2D eigenvalue weighted by Crippen LogP contribution is 2.08. The minimum Gasteiger partial charge on any atom is -0.309 e. The van der Waals surface area contributed by atoms with Crippen LogP contribution in [0.4, 0.5) is 0 Å². The summed E-state index contributed by atoms with van der Waals surface area (Å²) in [5.41, 5.74) is 0. The van der Waals surface area contributed by atoms with Crippen LogP contribution in [0.2, 0.25) is 0 Å². The second-order valence-corrected chi connectivity index (χ2v) is 4.86. The molecule has 0 aliphatic carbocycles. The van der Waals surface area contributed by atoms with E-state index in [1.165, 1.54) is 0 Å². The van der Waals surface area contributed by atoms with Crippen molar-refractivity contribution in [2.75, 3.05) is 40.3 Å². The molecule has 0 heterocycles. The van der Waals surface area contributed by atoms with Crippen molar-refractivity contribution in [3.8, 4) is 0 Å². The molecule has 4 nitrogen and oxygen atoms in total. The van der Waals surface area contributed by atoms with Gasteiger partial charge in [-0.1, -0.05) is 13.8 Å². The van der Waals surface area contributed by atoms with Crippen LogP contribution >= 0.6 is 0 Å². The lowest BCUT2D eigenvalue weighted by molar-refractivity contribution is -0.121. The first-order chi connectivity index (χ1) is 8.54. The van der Waals surface area contributed by atoms with Crippen LogP contribution in [-0.2, 0) is 9.59 Å². The molecule has 1 atom stereocenters. The highest BCUT2D eigenvalue weighted by Gasteiger charge is 2.18. The first-order valence-corrected chi connectivity index (χ1v) is 6.82. The van der Waals surface area contributed by atoms with Crippen LogP contribution in [0.3, 0.4) is 0 Å². The van der Waals surface area contributed by atoms with E-state index in [0.717, 1.165) is 32.6 Å². The Morgan fingerprint density at radius 1 is 1.17 bits per heavy atom. The maximum absolute atomic E-state index is 11.8. The summed E-state index contributed by atoms with van der Waals surface area (Å²) >= 11 is 0. The average Bonchev–Trinajstić information content (AvgIpc) is 2.34. The smallest absolute Gasteiger partial charge is 0.209 e. The minimum atomic E-state index is -0.534. The lowest BCUT2D eigenvalue weighted by Crippen LogP contribution is -2.28. The predicted molar refractivity (Wildman–Crippen MR) is 74.4 cm³/mol. The third-order valence-electron chi connectivity index (χ3n) is 3.19. The predicted octanol–water partition coefficient (Wildman–Crippen LogP) is 1.36. The normalized spacial score (nSPS) is 13.0. The number of hydrogen-bond donors (Lipinski definition) is 0. The maximum atomic E-state index is 11.8. The monoisotopic (exact) mass is 255 g/mol. The van der Waals surface area contributed by atoms with E-state index >= 15 is 0 Å². The van der Waals surface area contributed by atoms with Crippen molar-refractivity contribution in [3.63, 3.8) is 0 Å². The number of ketones is 1. The molecule has 0 aromatic rings. The molecule has 18 heavy (non-hydrogen) atoms. The molecule has 0 rings (SSSR count). The SMILES string of the molecule is CCN(CC)CCC([C]=O)C(=O)CCCN(C)C. The van der Waals surface area contributed by atoms with Crippen molar-refractivity contribution in [2.24, 2.45) is 5.92 Å². The zero-order chi connectivity index (χ0) is 14.0. The van der Waals surface area contributed by atoms with Gasteiger partial charge in [0.25, 0.3) is 0 Å². The third kappa shape index (κ3) is 7.56. The molecule has 0 N–H and O–H groups in total. The number of hydrogen-bond acceptors (Lipinski definition) is 4. The molecule has 1 unspecified atom stereocenters. The molecule has 0 aliphatic heterocycles. The van der Waals surface area contributed by atoms with Crippen LogP contribution in [-0.4, -0.2) is 62.1 Å². The highest BCUT2D eigenvalue weighted by molar-refractivity contribution is 5.93. The van der Waals surface area contributed by atoms with E-state index in [-0.39, 0.29) is 5.78 Å². The molecular weight excluding hydrogens is 228 g/mol. The Morgan fingerprint density at radius 2 is 1.78 bits per heavy atom. The number of nitrogens with zero attached hydrogens (tertiary/aromatic N) is 2. The summed E-state index contributed by atoms with van der Waals surface area (Å²) in [6.07, 6.45) is 3.80. The number of carbonyl (C=O) groups excluding carboxylic acids is 2. The maximum Gasteiger partial charge on any atom is 0.209 e. The van der Waals surface area contributed by atoms with E-state index in [2.05, 4.69) is 18.7 Å². The third-order valence-corrected chi connectivity index (χ3v) is 3.19. The molecule has 4 heteroatoms. The molecule has 0 spiro atoms. The lowest BCUT2D eigenvalue weighted by atomic mass is 9.98. The molecule has 0 saturated carbocycles. The average molecular weight is 255 g/mol. The summed E-state index contributed by atoms with van der Waals surface area (Å²) < 4.78 is 0. The fraction of sp³-hybridized carbons (Fsp3) is 0.857. The fourth-order valence-electron chi connectivity index (χ4n) is 1.88. The summed E-state index contributed by atoms with van der Waals surface area (Å²) in [6, 6.07) is 0. The Labute approximate surface area is 111 Å². The van der Waals surface area contributed by atoms with Crippen LogP contribution in [0.25, 0.3) is 0 Å². The van der Waals surface area contributed by atoms with Gasteiger partial charge in [-0.15, -0.1) is 0 Å². The van der Waals surface area contributed by atoms with Crippen LogP contribution in [0.5, 0.6) is 0 Å². The second-order valence-electron chi connectivity index (χ2n) is 4.86. The van der Waals surface area contributed by atoms with E-state index in [4.69, 9.17) is 0 Å². The Balaban J connectivity index is 3.99. The zero-order valence-electron chi connectivity index (χ0n) is 12.2. The largest absolute Gasteiger partial charge is 0.309 e. The van der Waals surface area contributed by atoms with E-state index in [1.54, 1.807) is 0 Å². The van der Waals surface area contributed by atoms with Crippen LogP contribution in [0, 0.1) is 5.92 Å². The van der Waals surface area contributed by atoms with Crippen molar-refractivity contribution in [1.29, 1.82) is 0 Å². The van der Waals surface area contributed by atoms with E-state index in [9.17, 15) is 9.59 Å². The molecule has 105 valence electrons. The standard InChI is InChI=1S/C14H27N2O2/c1-5-16(6-2)11-9-13(12-17)14(18)8-7-10-15(3)4/h13H,5-11H2,1-4H3. The van der Waals surface area contributed by atoms with Gasteiger partial charge in [0.2, 0.25) is 6.29 Å². The number of rotatable bonds is 11. The van der Waals surface area contributed by atoms with Crippen molar-refractivity contribution < 1.29 is 9.59 Å². The van der Waals surface area contributed by atoms with Gasteiger partial charge in [-0.05, 0) is 53.1 Å². The first-order valence-electron chi connectivity index (χ1n) is 6.82. The summed E-state index contributed by atoms with van der Waals surface area (Å²) in [5.74, 6) is -0.494. The number of Topliss-reactive ketones (excluding diaryl/α,β-unsaturated/α-hetero) is 1. The first kappa shape index (κ1) is 17.3. The second kappa shape index (κ2) is 10.2. The quantitative estimate of drug-likeness (QED) is 0.523. The molecule has 0 amide bonds. The van der Waals surface area contributed by atoms with Gasteiger partial charge in [0.1, 0.15) is 5.78 Å². The van der Waals surface area contributed by atoms with Gasteiger partial charge < -0.3 is 9.80 Å². The summed E-state index contributed by atoms with van der Waals surface area (Å²) in [6.45, 7) is 7.76. The Bertz CT molecular complexity index is 238. The summed E-state index contributed by atoms with van der Waals surface area (Å²) in [7, 11) is 3.96. The van der Waals surface area contributed by atoms with Gasteiger partial charge in [0.05, 0.1) is 5.92 Å². The molecular formula is C14H27N2O2. The van der Waals surface area contributed by atoms with Crippen LogP contribution in [0.15, 0.2) is 0 Å². The van der Waals surface area contributed by atoms with Crippen molar-refractivity contribution in [3.05, 3.63) is 0 Å². The van der Waals surface area contributed by atoms with Crippen molar-refractivity contribution in [2.45, 2.75) is 33.1 Å². The summed E-state index contributed by atoms with van der Waals surface area (Å²) in [4.78, 5) is 27.0. The van der Waals surface area contributed by atoms with Crippen molar-refractivity contribution >= 4 is 12.1 Å². The summed E-state index contributed by atoms with van der Waals surface area (Å²) in [5, 5.41) is 0. The molecule has 0 fully saturated rings. The van der Waals surface area contributed by atoms with Gasteiger partial charge in [0, 0.05) is 6.42 Å².